The molecule has 1 aromatic carbocycles. The summed E-state index contributed by atoms with van der Waals surface area (Å²) in [6, 6.07) is 5.63. The van der Waals surface area contributed by atoms with Gasteiger partial charge in [-0.2, -0.15) is 5.10 Å². The van der Waals surface area contributed by atoms with Crippen LogP contribution in [0.2, 0.25) is 0 Å². The van der Waals surface area contributed by atoms with E-state index in [2.05, 4.69) is 40.0 Å². The summed E-state index contributed by atoms with van der Waals surface area (Å²) in [4.78, 5) is 12.0. The molecule has 1 heterocycles. The van der Waals surface area contributed by atoms with E-state index in [1.807, 2.05) is 41.7 Å². The normalized spacial score (nSPS) is 16.4. The van der Waals surface area contributed by atoms with Gasteiger partial charge in [0, 0.05) is 21.5 Å². The van der Waals surface area contributed by atoms with E-state index in [-0.39, 0.29) is 9.99 Å². The number of nitrogens with one attached hydrogen (secondary N) is 1. The summed E-state index contributed by atoms with van der Waals surface area (Å²) in [6.45, 7) is 6.16. The van der Waals surface area contributed by atoms with E-state index >= 15 is 0 Å². The number of thioether (sulfide) groups is 2. The van der Waals surface area contributed by atoms with Crippen LogP contribution in [0.25, 0.3) is 0 Å². The van der Waals surface area contributed by atoms with Crippen molar-refractivity contribution in [3.8, 4) is 5.75 Å². The lowest BCUT2D eigenvalue weighted by Gasteiger charge is -2.19. The maximum absolute atomic E-state index is 12.0. The van der Waals surface area contributed by atoms with Gasteiger partial charge in [0.15, 0.2) is 0 Å². The molecule has 0 spiro atoms. The summed E-state index contributed by atoms with van der Waals surface area (Å²) in [6.07, 6.45) is 3.73. The van der Waals surface area contributed by atoms with E-state index in [1.165, 1.54) is 0 Å². The van der Waals surface area contributed by atoms with Gasteiger partial charge < -0.3 is 4.74 Å². The third-order valence-electron chi connectivity index (χ3n) is 3.10. The molecule has 0 radical (unpaired) electrons. The van der Waals surface area contributed by atoms with E-state index in [9.17, 15) is 4.79 Å². The second-order valence-electron chi connectivity index (χ2n) is 5.08. The fraction of sp³-hybridized carbons (Fsp3) is 0.375. The standard InChI is InChI=1S/C16H19BrN2O2S2/c1-3-6-21-14-5-4-13(17)9-12(14)11-18-19-15(20)10-16(2)22-7-8-23-16/h3-5,9,11H,1,6-8,10H2,2H3,(H,19,20)/b18-11-. The smallest absolute Gasteiger partial charge is 0.242 e. The molecule has 1 amide bonds. The molecule has 7 heteroatoms. The predicted molar refractivity (Wildman–Crippen MR) is 104 cm³/mol. The predicted octanol–water partition coefficient (Wildman–Crippen LogP) is 4.05. The van der Waals surface area contributed by atoms with Gasteiger partial charge in [0.25, 0.3) is 0 Å². The van der Waals surface area contributed by atoms with E-state index in [1.54, 1.807) is 12.3 Å². The van der Waals surface area contributed by atoms with Crippen molar-refractivity contribution in [3.05, 3.63) is 40.9 Å². The molecule has 1 aliphatic heterocycles. The third kappa shape index (κ3) is 5.90. The van der Waals surface area contributed by atoms with Crippen molar-refractivity contribution < 1.29 is 9.53 Å². The van der Waals surface area contributed by atoms with Crippen LogP contribution in [-0.4, -0.2) is 34.3 Å². The lowest BCUT2D eigenvalue weighted by molar-refractivity contribution is -0.121. The summed E-state index contributed by atoms with van der Waals surface area (Å²) in [5.41, 5.74) is 3.39. The fourth-order valence-corrected chi connectivity index (χ4v) is 5.27. The summed E-state index contributed by atoms with van der Waals surface area (Å²) >= 11 is 7.08. The van der Waals surface area contributed by atoms with Gasteiger partial charge in [0.05, 0.1) is 16.7 Å². The minimum atomic E-state index is -0.0748. The van der Waals surface area contributed by atoms with Crippen molar-refractivity contribution in [3.63, 3.8) is 0 Å². The highest BCUT2D eigenvalue weighted by Crippen LogP contribution is 2.45. The highest BCUT2D eigenvalue weighted by molar-refractivity contribution is 9.10. The fourth-order valence-electron chi connectivity index (χ4n) is 2.06. The Morgan fingerprint density at radius 1 is 1.52 bits per heavy atom. The number of halogens is 1. The number of hydrogen-bond donors (Lipinski definition) is 1. The number of rotatable bonds is 7. The molecule has 124 valence electrons. The SMILES string of the molecule is C=CCOc1ccc(Br)cc1/C=N\NC(=O)CC1(C)SCCS1. The van der Waals surface area contributed by atoms with E-state index in [0.717, 1.165) is 21.5 Å². The number of carbonyl (C=O) groups excluding carboxylic acids is 1. The molecule has 0 saturated carbocycles. The third-order valence-corrected chi connectivity index (χ3v) is 6.89. The summed E-state index contributed by atoms with van der Waals surface area (Å²) in [7, 11) is 0. The van der Waals surface area contributed by atoms with Crippen LogP contribution < -0.4 is 10.2 Å². The lowest BCUT2D eigenvalue weighted by atomic mass is 10.2. The molecule has 0 aliphatic carbocycles. The molecule has 1 aliphatic rings. The van der Waals surface area contributed by atoms with Gasteiger partial charge in [-0.15, -0.1) is 23.5 Å². The van der Waals surface area contributed by atoms with E-state index < -0.39 is 0 Å². The summed E-state index contributed by atoms with van der Waals surface area (Å²) in [5, 5.41) is 4.05. The van der Waals surface area contributed by atoms with Crippen molar-refractivity contribution in [1.82, 2.24) is 5.43 Å². The monoisotopic (exact) mass is 414 g/mol. The first kappa shape index (κ1) is 18.4. The number of hydrazone groups is 1. The first-order valence-corrected chi connectivity index (χ1v) is 9.92. The Bertz CT molecular complexity index is 602. The minimum absolute atomic E-state index is 0.0341. The summed E-state index contributed by atoms with van der Waals surface area (Å²) in [5.74, 6) is 2.81. The molecule has 23 heavy (non-hydrogen) atoms. The van der Waals surface area contributed by atoms with Crippen LogP contribution in [0.5, 0.6) is 5.75 Å². The molecular formula is C16H19BrN2O2S2. The highest BCUT2D eigenvalue weighted by Gasteiger charge is 2.32. The van der Waals surface area contributed by atoms with Crippen LogP contribution >= 0.6 is 39.5 Å². The van der Waals surface area contributed by atoms with Gasteiger partial charge in [-0.05, 0) is 25.1 Å². The molecule has 0 unspecified atom stereocenters. The molecule has 0 atom stereocenters. The average Bonchev–Trinajstić information content (AvgIpc) is 2.92. The number of hydrogen-bond acceptors (Lipinski definition) is 5. The first-order valence-electron chi connectivity index (χ1n) is 7.15. The van der Waals surface area contributed by atoms with Gasteiger partial charge in [0.1, 0.15) is 12.4 Å². The Labute approximate surface area is 153 Å². The van der Waals surface area contributed by atoms with Gasteiger partial charge in [-0.1, -0.05) is 28.6 Å². The Balaban J connectivity index is 1.95. The second kappa shape index (κ2) is 8.80. The maximum atomic E-state index is 12.0. The number of nitrogens with zero attached hydrogens (tertiary/aromatic N) is 1. The Kier molecular flexibility index (Phi) is 7.05. The van der Waals surface area contributed by atoms with Crippen molar-refractivity contribution in [2.75, 3.05) is 18.1 Å². The number of carbonyl (C=O) groups is 1. The van der Waals surface area contributed by atoms with Crippen molar-refractivity contribution in [1.29, 1.82) is 0 Å². The van der Waals surface area contributed by atoms with Crippen LogP contribution in [-0.2, 0) is 4.79 Å². The van der Waals surface area contributed by atoms with E-state index in [4.69, 9.17) is 4.74 Å². The molecular weight excluding hydrogens is 396 g/mol. The summed E-state index contributed by atoms with van der Waals surface area (Å²) < 4.78 is 6.46. The Morgan fingerprint density at radius 2 is 2.26 bits per heavy atom. The van der Waals surface area contributed by atoms with Gasteiger partial charge >= 0.3 is 0 Å². The lowest BCUT2D eigenvalue weighted by Crippen LogP contribution is -2.26. The molecule has 0 bridgehead atoms. The second-order valence-corrected chi connectivity index (χ2v) is 9.45. The van der Waals surface area contributed by atoms with E-state index in [0.29, 0.717) is 18.8 Å². The molecule has 1 aromatic rings. The zero-order valence-corrected chi connectivity index (χ0v) is 16.1. The van der Waals surface area contributed by atoms with Crippen molar-refractivity contribution >= 4 is 51.6 Å². The highest BCUT2D eigenvalue weighted by atomic mass is 79.9. The van der Waals surface area contributed by atoms with Crippen LogP contribution in [0.3, 0.4) is 0 Å². The topological polar surface area (TPSA) is 50.7 Å². The Morgan fingerprint density at radius 3 is 2.96 bits per heavy atom. The first-order chi connectivity index (χ1) is 11.0. The Hall–Kier alpha value is -0.920. The molecule has 1 saturated heterocycles. The molecule has 2 rings (SSSR count). The number of benzene rings is 1. The van der Waals surface area contributed by atoms with Crippen LogP contribution in [0.15, 0.2) is 40.4 Å². The van der Waals surface area contributed by atoms with Gasteiger partial charge in [-0.3, -0.25) is 4.79 Å². The maximum Gasteiger partial charge on any atom is 0.242 e. The molecule has 0 aromatic heterocycles. The molecule has 1 fully saturated rings. The minimum Gasteiger partial charge on any atom is -0.489 e. The zero-order valence-electron chi connectivity index (χ0n) is 12.9. The molecule has 1 N–H and O–H groups in total. The van der Waals surface area contributed by atoms with Gasteiger partial charge in [0.2, 0.25) is 5.91 Å². The zero-order chi connectivity index (χ0) is 16.7. The van der Waals surface area contributed by atoms with Crippen LogP contribution in [0.1, 0.15) is 18.9 Å². The van der Waals surface area contributed by atoms with Crippen LogP contribution in [0, 0.1) is 0 Å². The average molecular weight is 415 g/mol. The van der Waals surface area contributed by atoms with Crippen molar-refractivity contribution in [2.24, 2.45) is 5.10 Å². The van der Waals surface area contributed by atoms with Crippen LogP contribution in [0.4, 0.5) is 0 Å². The molecule has 4 nitrogen and oxygen atoms in total. The number of ether oxygens (including phenoxy) is 1. The van der Waals surface area contributed by atoms with Crippen molar-refractivity contribution in [2.45, 2.75) is 17.4 Å². The largest absolute Gasteiger partial charge is 0.489 e. The number of amides is 1. The quantitative estimate of drug-likeness (QED) is 0.415. The van der Waals surface area contributed by atoms with Gasteiger partial charge in [-0.25, -0.2) is 5.43 Å².